The van der Waals surface area contributed by atoms with E-state index >= 15 is 0 Å². The van der Waals surface area contributed by atoms with Crippen LogP contribution in [0.25, 0.3) is 0 Å². The van der Waals surface area contributed by atoms with E-state index in [0.717, 1.165) is 32.5 Å². The summed E-state index contributed by atoms with van der Waals surface area (Å²) in [5, 5.41) is 0. The van der Waals surface area contributed by atoms with E-state index in [1.807, 2.05) is 0 Å². The summed E-state index contributed by atoms with van der Waals surface area (Å²) < 4.78 is 11.6. The Balaban J connectivity index is 1.73. The van der Waals surface area contributed by atoms with Gasteiger partial charge >= 0.3 is 0 Å². The maximum atomic E-state index is 5.97. The van der Waals surface area contributed by atoms with Gasteiger partial charge in [-0.05, 0) is 58.3 Å². The van der Waals surface area contributed by atoms with Crippen LogP contribution >= 0.6 is 0 Å². The minimum absolute atomic E-state index is 0.0798. The highest BCUT2D eigenvalue weighted by Crippen LogP contribution is 2.30. The molecule has 3 atom stereocenters. The minimum atomic E-state index is -0.0798. The van der Waals surface area contributed by atoms with E-state index in [0.29, 0.717) is 6.10 Å². The van der Waals surface area contributed by atoms with Crippen molar-refractivity contribution in [2.24, 2.45) is 5.84 Å². The topological polar surface area (TPSA) is 56.5 Å². The third-order valence-corrected chi connectivity index (χ3v) is 4.48. The number of nitrogens with one attached hydrogen (secondary N) is 1. The quantitative estimate of drug-likeness (QED) is 0.564. The molecule has 0 spiro atoms. The van der Waals surface area contributed by atoms with Gasteiger partial charge in [-0.15, -0.1) is 0 Å². The Hall–Kier alpha value is -0.160. The van der Waals surface area contributed by atoms with Gasteiger partial charge in [0, 0.05) is 19.3 Å². The molecule has 3 N–H and O–H groups in total. The molecule has 2 rings (SSSR count). The summed E-state index contributed by atoms with van der Waals surface area (Å²) >= 11 is 0. The Kier molecular flexibility index (Phi) is 5.42. The summed E-state index contributed by atoms with van der Waals surface area (Å²) in [5.74, 6) is 5.72. The molecule has 0 aromatic heterocycles. The van der Waals surface area contributed by atoms with E-state index in [9.17, 15) is 0 Å². The molecule has 2 fully saturated rings. The van der Waals surface area contributed by atoms with Crippen LogP contribution in [0.3, 0.4) is 0 Å². The summed E-state index contributed by atoms with van der Waals surface area (Å²) in [6.07, 6.45) is 9.90. The van der Waals surface area contributed by atoms with E-state index in [1.165, 1.54) is 32.1 Å². The third kappa shape index (κ3) is 3.67. The van der Waals surface area contributed by atoms with E-state index in [-0.39, 0.29) is 11.6 Å². The van der Waals surface area contributed by atoms with Gasteiger partial charge in [-0.1, -0.05) is 0 Å². The van der Waals surface area contributed by atoms with Crippen molar-refractivity contribution in [1.29, 1.82) is 0 Å². The van der Waals surface area contributed by atoms with Gasteiger partial charge in [0.2, 0.25) is 0 Å². The Morgan fingerprint density at radius 1 is 1.33 bits per heavy atom. The van der Waals surface area contributed by atoms with Crippen molar-refractivity contribution in [2.75, 3.05) is 13.2 Å². The lowest BCUT2D eigenvalue weighted by atomic mass is 9.85. The van der Waals surface area contributed by atoms with Crippen LogP contribution in [-0.2, 0) is 9.47 Å². The van der Waals surface area contributed by atoms with Crippen LogP contribution in [0, 0.1) is 0 Å². The van der Waals surface area contributed by atoms with Crippen LogP contribution in [-0.4, -0.2) is 31.0 Å². The van der Waals surface area contributed by atoms with Gasteiger partial charge in [0.1, 0.15) is 0 Å². The van der Waals surface area contributed by atoms with Gasteiger partial charge in [0.05, 0.1) is 11.7 Å². The molecular weight excluding hydrogens is 228 g/mol. The fraction of sp³-hybridized carbons (Fsp3) is 1.00. The lowest BCUT2D eigenvalue weighted by molar-refractivity contribution is -0.0908. The van der Waals surface area contributed by atoms with Gasteiger partial charge in [-0.3, -0.25) is 11.3 Å². The molecule has 0 aromatic rings. The van der Waals surface area contributed by atoms with E-state index < -0.39 is 0 Å². The Labute approximate surface area is 111 Å². The summed E-state index contributed by atoms with van der Waals surface area (Å²) in [5.41, 5.74) is 2.89. The molecule has 0 aliphatic carbocycles. The first-order chi connectivity index (χ1) is 8.74. The molecule has 2 saturated heterocycles. The molecule has 106 valence electrons. The smallest absolute Gasteiger partial charge is 0.0820 e. The largest absolute Gasteiger partial charge is 0.378 e. The Bertz CT molecular complexity index is 236. The molecule has 2 aliphatic rings. The van der Waals surface area contributed by atoms with Gasteiger partial charge in [-0.2, -0.15) is 0 Å². The standard InChI is InChI=1S/C14H28N2O2/c1-14(9-2-3-11-18-14)13(16-15)8-4-6-12-7-5-10-17-12/h12-13,16H,2-11,15H2,1H3. The Morgan fingerprint density at radius 3 is 2.83 bits per heavy atom. The van der Waals surface area contributed by atoms with E-state index in [4.69, 9.17) is 15.3 Å². The first-order valence-electron chi connectivity index (χ1n) is 7.46. The van der Waals surface area contributed by atoms with Crippen LogP contribution in [0.4, 0.5) is 0 Å². The summed E-state index contributed by atoms with van der Waals surface area (Å²) in [7, 11) is 0. The van der Waals surface area contributed by atoms with Crippen LogP contribution in [0.1, 0.15) is 58.3 Å². The highest BCUT2D eigenvalue weighted by atomic mass is 16.5. The second-order valence-corrected chi connectivity index (χ2v) is 5.90. The second-order valence-electron chi connectivity index (χ2n) is 5.90. The third-order valence-electron chi connectivity index (χ3n) is 4.48. The maximum Gasteiger partial charge on any atom is 0.0820 e. The maximum absolute atomic E-state index is 5.97. The van der Waals surface area contributed by atoms with Crippen molar-refractivity contribution in [3.63, 3.8) is 0 Å². The van der Waals surface area contributed by atoms with Crippen molar-refractivity contribution >= 4 is 0 Å². The van der Waals surface area contributed by atoms with Gasteiger partial charge in [0.25, 0.3) is 0 Å². The van der Waals surface area contributed by atoms with Crippen LogP contribution in [0.5, 0.6) is 0 Å². The molecule has 4 nitrogen and oxygen atoms in total. The molecular formula is C14H28N2O2. The number of ether oxygens (including phenoxy) is 2. The Morgan fingerprint density at radius 2 is 2.22 bits per heavy atom. The average molecular weight is 256 g/mol. The fourth-order valence-electron chi connectivity index (χ4n) is 3.22. The van der Waals surface area contributed by atoms with Gasteiger partial charge in [0.15, 0.2) is 0 Å². The molecule has 4 heteroatoms. The number of hydrogen-bond acceptors (Lipinski definition) is 4. The monoisotopic (exact) mass is 256 g/mol. The summed E-state index contributed by atoms with van der Waals surface area (Å²) in [4.78, 5) is 0. The molecule has 0 bridgehead atoms. The van der Waals surface area contributed by atoms with Crippen molar-refractivity contribution in [2.45, 2.75) is 76.0 Å². The molecule has 0 saturated carbocycles. The predicted octanol–water partition coefficient (Wildman–Crippen LogP) is 2.13. The van der Waals surface area contributed by atoms with Gasteiger partial charge < -0.3 is 9.47 Å². The summed E-state index contributed by atoms with van der Waals surface area (Å²) in [6, 6.07) is 0.263. The molecule has 3 unspecified atom stereocenters. The van der Waals surface area contributed by atoms with E-state index in [2.05, 4.69) is 12.3 Å². The molecule has 2 heterocycles. The highest BCUT2D eigenvalue weighted by Gasteiger charge is 2.36. The molecule has 0 radical (unpaired) electrons. The lowest BCUT2D eigenvalue weighted by Gasteiger charge is -2.40. The van der Waals surface area contributed by atoms with Crippen LogP contribution < -0.4 is 11.3 Å². The second kappa shape index (κ2) is 6.85. The van der Waals surface area contributed by atoms with Crippen molar-refractivity contribution in [1.82, 2.24) is 5.43 Å². The van der Waals surface area contributed by atoms with Gasteiger partial charge in [-0.25, -0.2) is 0 Å². The van der Waals surface area contributed by atoms with Crippen molar-refractivity contribution < 1.29 is 9.47 Å². The lowest BCUT2D eigenvalue weighted by Crippen LogP contribution is -2.54. The SMILES string of the molecule is CC1(C(CCCC2CCCO2)NN)CCCCO1. The average Bonchev–Trinajstić information content (AvgIpc) is 2.88. The zero-order valence-corrected chi connectivity index (χ0v) is 11.6. The fourth-order valence-corrected chi connectivity index (χ4v) is 3.22. The highest BCUT2D eigenvalue weighted by molar-refractivity contribution is 4.90. The number of hydrazine groups is 1. The molecule has 18 heavy (non-hydrogen) atoms. The zero-order valence-electron chi connectivity index (χ0n) is 11.6. The number of hydrogen-bond donors (Lipinski definition) is 2. The number of rotatable bonds is 6. The molecule has 0 aromatic carbocycles. The van der Waals surface area contributed by atoms with Crippen molar-refractivity contribution in [3.05, 3.63) is 0 Å². The van der Waals surface area contributed by atoms with E-state index in [1.54, 1.807) is 0 Å². The van der Waals surface area contributed by atoms with Crippen LogP contribution in [0.15, 0.2) is 0 Å². The first kappa shape index (κ1) is 14.3. The summed E-state index contributed by atoms with van der Waals surface area (Å²) in [6.45, 7) is 4.02. The zero-order chi connectivity index (χ0) is 12.8. The first-order valence-corrected chi connectivity index (χ1v) is 7.46. The van der Waals surface area contributed by atoms with Crippen LogP contribution in [0.2, 0.25) is 0 Å². The minimum Gasteiger partial charge on any atom is -0.378 e. The normalized spacial score (nSPS) is 34.7. The molecule has 0 amide bonds. The molecule has 2 aliphatic heterocycles. The van der Waals surface area contributed by atoms with Crippen molar-refractivity contribution in [3.8, 4) is 0 Å². The predicted molar refractivity (Wildman–Crippen MR) is 72.1 cm³/mol. The number of nitrogens with two attached hydrogens (primary N) is 1.